The lowest BCUT2D eigenvalue weighted by Gasteiger charge is -2.20. The minimum atomic E-state index is -0.314. The molecule has 0 atom stereocenters. The van der Waals surface area contributed by atoms with Crippen LogP contribution in [0.1, 0.15) is 11.1 Å². The summed E-state index contributed by atoms with van der Waals surface area (Å²) in [6, 6.07) is 11.3. The molecule has 2 aromatic rings. The van der Waals surface area contributed by atoms with Crippen LogP contribution in [0.3, 0.4) is 0 Å². The molecule has 0 aliphatic carbocycles. The van der Waals surface area contributed by atoms with Gasteiger partial charge in [-0.1, -0.05) is 18.2 Å². The SMILES string of the molecule is CN(Cc1cccc(F)c1)c1ccc(CN)c(F)c1. The van der Waals surface area contributed by atoms with Gasteiger partial charge in [-0.2, -0.15) is 0 Å². The van der Waals surface area contributed by atoms with E-state index in [1.165, 1.54) is 18.2 Å². The first kappa shape index (κ1) is 13.5. The van der Waals surface area contributed by atoms with Crippen LogP contribution in [0, 0.1) is 11.6 Å². The predicted octanol–water partition coefficient (Wildman–Crippen LogP) is 3.06. The first-order valence-electron chi connectivity index (χ1n) is 6.04. The highest BCUT2D eigenvalue weighted by Gasteiger charge is 2.07. The molecule has 0 heterocycles. The molecule has 0 amide bonds. The normalized spacial score (nSPS) is 10.5. The second kappa shape index (κ2) is 5.80. The molecule has 4 heteroatoms. The van der Waals surface area contributed by atoms with Crippen LogP contribution in [0.5, 0.6) is 0 Å². The van der Waals surface area contributed by atoms with Crippen molar-refractivity contribution >= 4 is 5.69 Å². The van der Waals surface area contributed by atoms with Crippen molar-refractivity contribution in [3.8, 4) is 0 Å². The van der Waals surface area contributed by atoms with E-state index >= 15 is 0 Å². The third kappa shape index (κ3) is 3.29. The molecule has 0 saturated heterocycles. The fourth-order valence-electron chi connectivity index (χ4n) is 1.94. The Balaban J connectivity index is 2.15. The molecule has 2 nitrogen and oxygen atoms in total. The standard InChI is InChI=1S/C15H16F2N2/c1-19(10-11-3-2-4-13(16)7-11)14-6-5-12(9-18)15(17)8-14/h2-8H,9-10,18H2,1H3. The average Bonchev–Trinajstić information content (AvgIpc) is 2.38. The Hall–Kier alpha value is -1.94. The lowest BCUT2D eigenvalue weighted by Crippen LogP contribution is -2.17. The molecule has 2 aromatic carbocycles. The highest BCUT2D eigenvalue weighted by atomic mass is 19.1. The molecule has 0 bridgehead atoms. The van der Waals surface area contributed by atoms with E-state index in [0.717, 1.165) is 11.3 Å². The van der Waals surface area contributed by atoms with Crippen LogP contribution in [0.2, 0.25) is 0 Å². The second-order valence-corrected chi connectivity index (χ2v) is 4.47. The lowest BCUT2D eigenvalue weighted by molar-refractivity contribution is 0.609. The van der Waals surface area contributed by atoms with Crippen molar-refractivity contribution in [3.63, 3.8) is 0 Å². The average molecular weight is 262 g/mol. The minimum Gasteiger partial charge on any atom is -0.370 e. The predicted molar refractivity (Wildman–Crippen MR) is 72.8 cm³/mol. The van der Waals surface area contributed by atoms with E-state index in [4.69, 9.17) is 5.73 Å². The summed E-state index contributed by atoms with van der Waals surface area (Å²) in [5.74, 6) is -0.582. The molecule has 19 heavy (non-hydrogen) atoms. The largest absolute Gasteiger partial charge is 0.370 e. The summed E-state index contributed by atoms with van der Waals surface area (Å²) in [5, 5.41) is 0. The second-order valence-electron chi connectivity index (χ2n) is 4.47. The zero-order valence-electron chi connectivity index (χ0n) is 10.7. The van der Waals surface area contributed by atoms with E-state index in [1.807, 2.05) is 24.1 Å². The monoisotopic (exact) mass is 262 g/mol. The highest BCUT2D eigenvalue weighted by molar-refractivity contribution is 5.48. The van der Waals surface area contributed by atoms with Gasteiger partial charge in [-0.25, -0.2) is 8.78 Å². The summed E-state index contributed by atoms with van der Waals surface area (Å²) in [4.78, 5) is 1.86. The number of nitrogens with zero attached hydrogens (tertiary/aromatic N) is 1. The third-order valence-electron chi connectivity index (χ3n) is 3.01. The Morgan fingerprint density at radius 3 is 2.53 bits per heavy atom. The molecule has 0 aliphatic heterocycles. The van der Waals surface area contributed by atoms with Crippen LogP contribution in [0.15, 0.2) is 42.5 Å². The van der Waals surface area contributed by atoms with Gasteiger partial charge in [0.05, 0.1) is 0 Å². The van der Waals surface area contributed by atoms with E-state index < -0.39 is 0 Å². The Kier molecular flexibility index (Phi) is 4.12. The summed E-state index contributed by atoms with van der Waals surface area (Å²) < 4.78 is 26.7. The number of hydrogen-bond donors (Lipinski definition) is 1. The van der Waals surface area contributed by atoms with E-state index in [1.54, 1.807) is 12.1 Å². The van der Waals surface area contributed by atoms with Gasteiger partial charge in [0.1, 0.15) is 11.6 Å². The van der Waals surface area contributed by atoms with E-state index in [2.05, 4.69) is 0 Å². The molecule has 2 N–H and O–H groups in total. The third-order valence-corrected chi connectivity index (χ3v) is 3.01. The Labute approximate surface area is 111 Å². The first-order chi connectivity index (χ1) is 9.10. The Morgan fingerprint density at radius 1 is 1.11 bits per heavy atom. The number of nitrogens with two attached hydrogens (primary N) is 1. The fourth-order valence-corrected chi connectivity index (χ4v) is 1.94. The molecule has 0 aromatic heterocycles. The number of rotatable bonds is 4. The molecule has 100 valence electrons. The lowest BCUT2D eigenvalue weighted by atomic mass is 10.1. The molecular weight excluding hydrogens is 246 g/mol. The van der Waals surface area contributed by atoms with Gasteiger partial charge in [0.25, 0.3) is 0 Å². The number of benzene rings is 2. The van der Waals surface area contributed by atoms with Gasteiger partial charge in [-0.05, 0) is 29.8 Å². The summed E-state index contributed by atoms with van der Waals surface area (Å²) in [7, 11) is 1.84. The number of hydrogen-bond acceptors (Lipinski definition) is 2. The molecule has 0 fully saturated rings. The number of halogens is 2. The van der Waals surface area contributed by atoms with E-state index in [0.29, 0.717) is 12.1 Å². The van der Waals surface area contributed by atoms with Gasteiger partial charge in [-0.15, -0.1) is 0 Å². The minimum absolute atomic E-state index is 0.180. The van der Waals surface area contributed by atoms with Crippen molar-refractivity contribution in [2.45, 2.75) is 13.1 Å². The molecular formula is C15H16F2N2. The summed E-state index contributed by atoms with van der Waals surface area (Å²) in [6.07, 6.45) is 0. The zero-order valence-corrected chi connectivity index (χ0v) is 10.7. The van der Waals surface area contributed by atoms with Gasteiger partial charge in [0.15, 0.2) is 0 Å². The van der Waals surface area contributed by atoms with Gasteiger partial charge in [-0.3, -0.25) is 0 Å². The highest BCUT2D eigenvalue weighted by Crippen LogP contribution is 2.19. The molecule has 2 rings (SSSR count). The summed E-state index contributed by atoms with van der Waals surface area (Å²) in [6.45, 7) is 0.693. The van der Waals surface area contributed by atoms with Gasteiger partial charge in [0.2, 0.25) is 0 Å². The zero-order chi connectivity index (χ0) is 13.8. The molecule has 0 saturated carbocycles. The smallest absolute Gasteiger partial charge is 0.129 e. The van der Waals surface area contributed by atoms with Crippen molar-refractivity contribution in [2.75, 3.05) is 11.9 Å². The molecule has 0 unspecified atom stereocenters. The molecule has 0 aliphatic rings. The van der Waals surface area contributed by atoms with E-state index in [-0.39, 0.29) is 18.2 Å². The first-order valence-corrected chi connectivity index (χ1v) is 6.04. The van der Waals surface area contributed by atoms with Crippen molar-refractivity contribution in [3.05, 3.63) is 65.2 Å². The fraction of sp³-hybridized carbons (Fsp3) is 0.200. The summed E-state index contributed by atoms with van der Waals surface area (Å²) in [5.41, 5.74) is 7.48. The van der Waals surface area contributed by atoms with Crippen LogP contribution < -0.4 is 10.6 Å². The topological polar surface area (TPSA) is 29.3 Å². The maximum absolute atomic E-state index is 13.6. The van der Waals surface area contributed by atoms with Crippen LogP contribution in [0.25, 0.3) is 0 Å². The van der Waals surface area contributed by atoms with Crippen molar-refractivity contribution in [1.82, 2.24) is 0 Å². The van der Waals surface area contributed by atoms with Crippen LogP contribution >= 0.6 is 0 Å². The Bertz CT molecular complexity index is 570. The quantitative estimate of drug-likeness (QED) is 0.917. The molecule has 0 radical (unpaired) electrons. The van der Waals surface area contributed by atoms with Crippen molar-refractivity contribution in [1.29, 1.82) is 0 Å². The van der Waals surface area contributed by atoms with Gasteiger partial charge < -0.3 is 10.6 Å². The summed E-state index contributed by atoms with van der Waals surface area (Å²) >= 11 is 0. The van der Waals surface area contributed by atoms with Gasteiger partial charge >= 0.3 is 0 Å². The van der Waals surface area contributed by atoms with Gasteiger partial charge in [0, 0.05) is 31.4 Å². The number of anilines is 1. The van der Waals surface area contributed by atoms with Crippen LogP contribution in [0.4, 0.5) is 14.5 Å². The van der Waals surface area contributed by atoms with Crippen molar-refractivity contribution < 1.29 is 8.78 Å². The molecule has 0 spiro atoms. The van der Waals surface area contributed by atoms with Crippen LogP contribution in [-0.4, -0.2) is 7.05 Å². The maximum atomic E-state index is 13.6. The van der Waals surface area contributed by atoms with Crippen LogP contribution in [-0.2, 0) is 13.1 Å². The maximum Gasteiger partial charge on any atom is 0.129 e. The van der Waals surface area contributed by atoms with Crippen molar-refractivity contribution in [2.24, 2.45) is 5.73 Å². The van der Waals surface area contributed by atoms with E-state index in [9.17, 15) is 8.78 Å². The Morgan fingerprint density at radius 2 is 1.89 bits per heavy atom.